The van der Waals surface area contributed by atoms with Gasteiger partial charge in [0.1, 0.15) is 11.5 Å². The van der Waals surface area contributed by atoms with Crippen molar-refractivity contribution in [1.82, 2.24) is 0 Å². The van der Waals surface area contributed by atoms with Gasteiger partial charge in [0.25, 0.3) is 0 Å². The van der Waals surface area contributed by atoms with Crippen LogP contribution in [0.15, 0.2) is 18.2 Å². The number of carbonyl (C=O) groups excluding carboxylic acids is 1. The van der Waals surface area contributed by atoms with E-state index in [1.165, 1.54) is 0 Å². The fourth-order valence-corrected chi connectivity index (χ4v) is 2.10. The molecule has 0 fully saturated rings. The number of ketones is 1. The maximum Gasteiger partial charge on any atom is 0.170 e. The number of ether oxygens (including phenoxy) is 2. The van der Waals surface area contributed by atoms with Crippen LogP contribution < -0.4 is 15.2 Å². The average Bonchev–Trinajstić information content (AvgIpc) is 2.42. The van der Waals surface area contributed by atoms with Gasteiger partial charge in [0.2, 0.25) is 0 Å². The van der Waals surface area contributed by atoms with Gasteiger partial charge in [-0.25, -0.2) is 0 Å². The van der Waals surface area contributed by atoms with Crippen LogP contribution in [0.25, 0.3) is 0 Å². The third-order valence-corrected chi connectivity index (χ3v) is 3.09. The Kier molecular flexibility index (Phi) is 5.83. The van der Waals surface area contributed by atoms with Crippen LogP contribution in [-0.4, -0.2) is 26.5 Å². The second-order valence-corrected chi connectivity index (χ2v) is 4.99. The highest BCUT2D eigenvalue weighted by atomic mass is 16.5. The lowest BCUT2D eigenvalue weighted by Gasteiger charge is -2.17. The highest BCUT2D eigenvalue weighted by Gasteiger charge is 2.23. The standard InChI is InChI=1S/C15H23NO3/c1-10(2)7-11(9-16)15(17)13-6-5-12(18-3)8-14(13)19-4/h5-6,8,10-11H,7,9,16H2,1-4H3. The first-order chi connectivity index (χ1) is 9.03. The Labute approximate surface area is 114 Å². The molecule has 1 atom stereocenters. The zero-order chi connectivity index (χ0) is 14.4. The minimum Gasteiger partial charge on any atom is -0.497 e. The van der Waals surface area contributed by atoms with Gasteiger partial charge in [-0.05, 0) is 24.5 Å². The zero-order valence-electron chi connectivity index (χ0n) is 12.1. The number of hydrogen-bond acceptors (Lipinski definition) is 4. The average molecular weight is 265 g/mol. The molecule has 4 heteroatoms. The van der Waals surface area contributed by atoms with Crippen molar-refractivity contribution < 1.29 is 14.3 Å². The predicted molar refractivity (Wildman–Crippen MR) is 75.9 cm³/mol. The molecule has 0 spiro atoms. The molecular weight excluding hydrogens is 242 g/mol. The highest BCUT2D eigenvalue weighted by molar-refractivity contribution is 6.00. The molecule has 0 amide bonds. The summed E-state index contributed by atoms with van der Waals surface area (Å²) in [6.45, 7) is 4.52. The smallest absolute Gasteiger partial charge is 0.170 e. The number of Topliss-reactive ketones (excluding diaryl/α,β-unsaturated/α-hetero) is 1. The van der Waals surface area contributed by atoms with E-state index in [0.29, 0.717) is 29.5 Å². The van der Waals surface area contributed by atoms with E-state index in [2.05, 4.69) is 13.8 Å². The molecule has 0 bridgehead atoms. The normalized spacial score (nSPS) is 12.3. The molecular formula is C15H23NO3. The second-order valence-electron chi connectivity index (χ2n) is 4.99. The topological polar surface area (TPSA) is 61.5 Å². The Morgan fingerprint density at radius 1 is 1.26 bits per heavy atom. The van der Waals surface area contributed by atoms with Crippen molar-refractivity contribution in [3.8, 4) is 11.5 Å². The molecule has 0 heterocycles. The third-order valence-electron chi connectivity index (χ3n) is 3.09. The minimum absolute atomic E-state index is 0.0377. The van der Waals surface area contributed by atoms with Crippen molar-refractivity contribution in [3.05, 3.63) is 23.8 Å². The van der Waals surface area contributed by atoms with Gasteiger partial charge in [-0.2, -0.15) is 0 Å². The fraction of sp³-hybridized carbons (Fsp3) is 0.533. The molecule has 0 aliphatic heterocycles. The van der Waals surface area contributed by atoms with E-state index in [-0.39, 0.29) is 11.7 Å². The van der Waals surface area contributed by atoms with Gasteiger partial charge in [0.15, 0.2) is 5.78 Å². The molecule has 1 unspecified atom stereocenters. The highest BCUT2D eigenvalue weighted by Crippen LogP contribution is 2.28. The minimum atomic E-state index is -0.165. The fourth-order valence-electron chi connectivity index (χ4n) is 2.10. The monoisotopic (exact) mass is 265 g/mol. The van der Waals surface area contributed by atoms with Gasteiger partial charge >= 0.3 is 0 Å². The maximum absolute atomic E-state index is 12.5. The van der Waals surface area contributed by atoms with Crippen LogP contribution in [-0.2, 0) is 0 Å². The summed E-state index contributed by atoms with van der Waals surface area (Å²) in [4.78, 5) is 12.5. The van der Waals surface area contributed by atoms with Crippen LogP contribution in [0.5, 0.6) is 11.5 Å². The number of hydrogen-bond donors (Lipinski definition) is 1. The molecule has 1 aromatic rings. The van der Waals surface area contributed by atoms with Crippen LogP contribution >= 0.6 is 0 Å². The Morgan fingerprint density at radius 2 is 1.95 bits per heavy atom. The molecule has 19 heavy (non-hydrogen) atoms. The molecule has 0 aliphatic rings. The zero-order valence-corrected chi connectivity index (χ0v) is 12.1. The van der Waals surface area contributed by atoms with E-state index in [0.717, 1.165) is 6.42 Å². The van der Waals surface area contributed by atoms with Crippen molar-refractivity contribution in [1.29, 1.82) is 0 Å². The maximum atomic E-state index is 12.5. The molecule has 0 saturated heterocycles. The van der Waals surface area contributed by atoms with Gasteiger partial charge in [0, 0.05) is 18.5 Å². The lowest BCUT2D eigenvalue weighted by atomic mass is 9.89. The van der Waals surface area contributed by atoms with Gasteiger partial charge in [-0.15, -0.1) is 0 Å². The lowest BCUT2D eigenvalue weighted by molar-refractivity contribution is 0.0905. The molecule has 0 aromatic heterocycles. The third kappa shape index (κ3) is 3.96. The van der Waals surface area contributed by atoms with Gasteiger partial charge < -0.3 is 15.2 Å². The number of benzene rings is 1. The van der Waals surface area contributed by atoms with Crippen molar-refractivity contribution in [2.24, 2.45) is 17.6 Å². The number of nitrogens with two attached hydrogens (primary N) is 1. The van der Waals surface area contributed by atoms with Crippen molar-refractivity contribution >= 4 is 5.78 Å². The molecule has 0 aliphatic carbocycles. The van der Waals surface area contributed by atoms with Crippen LogP contribution in [0, 0.1) is 11.8 Å². The van der Waals surface area contributed by atoms with Crippen LogP contribution in [0.2, 0.25) is 0 Å². The SMILES string of the molecule is COc1ccc(C(=O)C(CN)CC(C)C)c(OC)c1. The van der Waals surface area contributed by atoms with E-state index < -0.39 is 0 Å². The first-order valence-corrected chi connectivity index (χ1v) is 6.49. The molecule has 1 aromatic carbocycles. The summed E-state index contributed by atoms with van der Waals surface area (Å²) >= 11 is 0. The Balaban J connectivity index is 3.03. The van der Waals surface area contributed by atoms with Gasteiger partial charge in [-0.1, -0.05) is 13.8 Å². The van der Waals surface area contributed by atoms with Crippen molar-refractivity contribution in [2.45, 2.75) is 20.3 Å². The van der Waals surface area contributed by atoms with E-state index in [1.807, 2.05) is 0 Å². The largest absolute Gasteiger partial charge is 0.497 e. The summed E-state index contributed by atoms with van der Waals surface area (Å²) < 4.78 is 10.4. The lowest BCUT2D eigenvalue weighted by Crippen LogP contribution is -2.25. The summed E-state index contributed by atoms with van der Waals surface area (Å²) in [7, 11) is 3.13. The molecule has 1 rings (SSSR count). The Hall–Kier alpha value is -1.55. The first kappa shape index (κ1) is 15.5. The summed E-state index contributed by atoms with van der Waals surface area (Å²) in [5.41, 5.74) is 6.29. The van der Waals surface area contributed by atoms with Crippen molar-refractivity contribution in [3.63, 3.8) is 0 Å². The van der Waals surface area contributed by atoms with E-state index >= 15 is 0 Å². The Bertz CT molecular complexity index is 429. The molecule has 0 saturated carbocycles. The summed E-state index contributed by atoms with van der Waals surface area (Å²) in [5, 5.41) is 0. The Morgan fingerprint density at radius 3 is 2.42 bits per heavy atom. The van der Waals surface area contributed by atoms with Crippen LogP contribution in [0.3, 0.4) is 0 Å². The van der Waals surface area contributed by atoms with E-state index in [9.17, 15) is 4.79 Å². The number of methoxy groups -OCH3 is 2. The molecule has 2 N–H and O–H groups in total. The first-order valence-electron chi connectivity index (χ1n) is 6.49. The second kappa shape index (κ2) is 7.14. The summed E-state index contributed by atoms with van der Waals surface area (Å²) in [6.07, 6.45) is 0.782. The van der Waals surface area contributed by atoms with Crippen LogP contribution in [0.1, 0.15) is 30.6 Å². The van der Waals surface area contributed by atoms with Gasteiger partial charge in [0.05, 0.1) is 19.8 Å². The summed E-state index contributed by atoms with van der Waals surface area (Å²) in [6, 6.07) is 5.22. The molecule has 0 radical (unpaired) electrons. The quantitative estimate of drug-likeness (QED) is 0.769. The number of carbonyl (C=O) groups is 1. The number of rotatable bonds is 7. The van der Waals surface area contributed by atoms with E-state index in [1.54, 1.807) is 32.4 Å². The van der Waals surface area contributed by atoms with Gasteiger partial charge in [-0.3, -0.25) is 4.79 Å². The van der Waals surface area contributed by atoms with Crippen LogP contribution in [0.4, 0.5) is 0 Å². The molecule has 106 valence electrons. The van der Waals surface area contributed by atoms with E-state index in [4.69, 9.17) is 15.2 Å². The molecule has 4 nitrogen and oxygen atoms in total. The predicted octanol–water partition coefficient (Wildman–Crippen LogP) is 2.51. The van der Waals surface area contributed by atoms with Crippen molar-refractivity contribution in [2.75, 3.05) is 20.8 Å². The summed E-state index contributed by atoms with van der Waals surface area (Å²) in [5.74, 6) is 1.51.